The van der Waals surface area contributed by atoms with E-state index in [0.717, 1.165) is 24.2 Å². The maximum absolute atomic E-state index is 8.81. The summed E-state index contributed by atoms with van der Waals surface area (Å²) >= 11 is 0. The zero-order valence-corrected chi connectivity index (χ0v) is 11.8. The lowest BCUT2D eigenvalue weighted by Crippen LogP contribution is -2.20. The minimum Gasteiger partial charge on any atom is -0.352 e. The molecule has 1 fully saturated rings. The van der Waals surface area contributed by atoms with Gasteiger partial charge in [0, 0.05) is 12.1 Å². The van der Waals surface area contributed by atoms with Crippen molar-refractivity contribution in [3.63, 3.8) is 0 Å². The van der Waals surface area contributed by atoms with Crippen LogP contribution in [0, 0.1) is 16.7 Å². The standard InChI is InChI=1S/C15H18N4O/c1-15(2)5-3-10(4-6-15)13-18-14(20-19-13)11-7-12(8-16)17-9-11/h7,9-10,17H,3-6H2,1-2H3. The quantitative estimate of drug-likeness (QED) is 0.903. The molecule has 1 aliphatic carbocycles. The number of nitriles is 1. The van der Waals surface area contributed by atoms with Crippen LogP contribution in [0.4, 0.5) is 0 Å². The van der Waals surface area contributed by atoms with Crippen LogP contribution in [-0.2, 0) is 0 Å². The normalized spacial score (nSPS) is 18.9. The van der Waals surface area contributed by atoms with E-state index >= 15 is 0 Å². The van der Waals surface area contributed by atoms with Crippen molar-refractivity contribution < 1.29 is 4.52 Å². The first-order valence-corrected chi connectivity index (χ1v) is 7.00. The second kappa shape index (κ2) is 4.78. The summed E-state index contributed by atoms with van der Waals surface area (Å²) in [5.41, 5.74) is 1.71. The van der Waals surface area contributed by atoms with Crippen molar-refractivity contribution in [2.24, 2.45) is 5.41 Å². The maximum Gasteiger partial charge on any atom is 0.259 e. The molecule has 5 nitrogen and oxygen atoms in total. The summed E-state index contributed by atoms with van der Waals surface area (Å²) in [6.45, 7) is 4.63. The van der Waals surface area contributed by atoms with Crippen LogP contribution in [0.1, 0.15) is 57.0 Å². The number of nitrogens with zero attached hydrogens (tertiary/aromatic N) is 3. The first-order chi connectivity index (χ1) is 9.57. The lowest BCUT2D eigenvalue weighted by Gasteiger charge is -2.32. The van der Waals surface area contributed by atoms with E-state index in [1.54, 1.807) is 12.3 Å². The van der Waals surface area contributed by atoms with Crippen LogP contribution in [0.5, 0.6) is 0 Å². The van der Waals surface area contributed by atoms with Crippen molar-refractivity contribution in [1.82, 2.24) is 15.1 Å². The molecule has 2 aromatic heterocycles. The molecule has 0 amide bonds. The molecular weight excluding hydrogens is 252 g/mol. The third-order valence-corrected chi connectivity index (χ3v) is 4.20. The SMILES string of the molecule is CC1(C)CCC(c2noc(-c3c[nH]c(C#N)c3)n2)CC1. The Morgan fingerprint density at radius 1 is 1.40 bits per heavy atom. The molecule has 2 heterocycles. The summed E-state index contributed by atoms with van der Waals surface area (Å²) in [7, 11) is 0. The molecule has 0 bridgehead atoms. The van der Waals surface area contributed by atoms with Crippen molar-refractivity contribution in [2.45, 2.75) is 45.4 Å². The molecule has 0 radical (unpaired) electrons. The van der Waals surface area contributed by atoms with Gasteiger partial charge in [-0.2, -0.15) is 10.2 Å². The van der Waals surface area contributed by atoms with E-state index in [-0.39, 0.29) is 0 Å². The third kappa shape index (κ3) is 2.46. The molecule has 0 spiro atoms. The zero-order valence-electron chi connectivity index (χ0n) is 11.8. The zero-order chi connectivity index (χ0) is 14.2. The molecule has 1 aliphatic rings. The predicted molar refractivity (Wildman–Crippen MR) is 73.8 cm³/mol. The van der Waals surface area contributed by atoms with Crippen LogP contribution < -0.4 is 0 Å². The number of nitrogens with one attached hydrogen (secondary N) is 1. The topological polar surface area (TPSA) is 78.5 Å². The summed E-state index contributed by atoms with van der Waals surface area (Å²) in [5, 5.41) is 12.9. The van der Waals surface area contributed by atoms with Crippen LogP contribution in [0.2, 0.25) is 0 Å². The molecular formula is C15H18N4O. The van der Waals surface area contributed by atoms with Crippen LogP contribution >= 0.6 is 0 Å². The molecule has 0 aliphatic heterocycles. The molecule has 3 rings (SSSR count). The summed E-state index contributed by atoms with van der Waals surface area (Å²) in [4.78, 5) is 7.36. The second-order valence-electron chi connectivity index (χ2n) is 6.31. The molecule has 104 valence electrons. The highest BCUT2D eigenvalue weighted by atomic mass is 16.5. The monoisotopic (exact) mass is 270 g/mol. The Morgan fingerprint density at radius 2 is 2.15 bits per heavy atom. The predicted octanol–water partition coefficient (Wildman–Crippen LogP) is 3.62. The van der Waals surface area contributed by atoms with Gasteiger partial charge in [-0.05, 0) is 37.2 Å². The van der Waals surface area contributed by atoms with Crippen molar-refractivity contribution in [2.75, 3.05) is 0 Å². The molecule has 0 saturated heterocycles. The van der Waals surface area contributed by atoms with Gasteiger partial charge in [0.15, 0.2) is 5.82 Å². The van der Waals surface area contributed by atoms with E-state index < -0.39 is 0 Å². The lowest BCUT2D eigenvalue weighted by atomic mass is 9.73. The Hall–Kier alpha value is -2.09. The van der Waals surface area contributed by atoms with E-state index in [0.29, 0.717) is 22.9 Å². The van der Waals surface area contributed by atoms with E-state index in [1.807, 2.05) is 0 Å². The fourth-order valence-corrected chi connectivity index (χ4v) is 2.76. The number of aromatic nitrogens is 3. The Balaban J connectivity index is 1.76. The highest BCUT2D eigenvalue weighted by Crippen LogP contribution is 2.41. The number of hydrogen-bond donors (Lipinski definition) is 1. The largest absolute Gasteiger partial charge is 0.352 e. The van der Waals surface area contributed by atoms with Gasteiger partial charge in [0.25, 0.3) is 5.89 Å². The lowest BCUT2D eigenvalue weighted by molar-refractivity contribution is 0.218. The number of aromatic amines is 1. The van der Waals surface area contributed by atoms with E-state index in [1.165, 1.54) is 12.8 Å². The highest BCUT2D eigenvalue weighted by molar-refractivity contribution is 5.54. The van der Waals surface area contributed by atoms with E-state index in [2.05, 4.69) is 35.0 Å². The molecule has 0 unspecified atom stereocenters. The minimum absolute atomic E-state index is 0.398. The van der Waals surface area contributed by atoms with Gasteiger partial charge in [-0.25, -0.2) is 0 Å². The van der Waals surface area contributed by atoms with Gasteiger partial charge in [0.2, 0.25) is 0 Å². The van der Waals surface area contributed by atoms with Gasteiger partial charge >= 0.3 is 0 Å². The molecule has 0 aromatic carbocycles. The van der Waals surface area contributed by atoms with E-state index in [4.69, 9.17) is 9.78 Å². The summed E-state index contributed by atoms with van der Waals surface area (Å²) in [6, 6.07) is 3.77. The van der Waals surface area contributed by atoms with Crippen molar-refractivity contribution in [3.8, 4) is 17.5 Å². The molecule has 0 atom stereocenters. The average molecular weight is 270 g/mol. The van der Waals surface area contributed by atoms with Crippen LogP contribution in [0.15, 0.2) is 16.8 Å². The van der Waals surface area contributed by atoms with Gasteiger partial charge in [-0.3, -0.25) is 0 Å². The Bertz CT molecular complexity index is 637. The maximum atomic E-state index is 8.81. The summed E-state index contributed by atoms with van der Waals surface area (Å²) in [5.74, 6) is 1.69. The number of H-pyrrole nitrogens is 1. The molecule has 5 heteroatoms. The molecule has 20 heavy (non-hydrogen) atoms. The Labute approximate surface area is 118 Å². The summed E-state index contributed by atoms with van der Waals surface area (Å²) in [6.07, 6.45) is 6.35. The third-order valence-electron chi connectivity index (χ3n) is 4.20. The fraction of sp³-hybridized carbons (Fsp3) is 0.533. The second-order valence-corrected chi connectivity index (χ2v) is 6.31. The molecule has 1 N–H and O–H groups in total. The van der Waals surface area contributed by atoms with Gasteiger partial charge in [-0.1, -0.05) is 19.0 Å². The van der Waals surface area contributed by atoms with Crippen molar-refractivity contribution in [1.29, 1.82) is 5.26 Å². The average Bonchev–Trinajstić information content (AvgIpc) is 3.07. The van der Waals surface area contributed by atoms with Gasteiger partial charge in [0.05, 0.1) is 5.56 Å². The summed E-state index contributed by atoms with van der Waals surface area (Å²) < 4.78 is 5.32. The van der Waals surface area contributed by atoms with Crippen LogP contribution in [-0.4, -0.2) is 15.1 Å². The van der Waals surface area contributed by atoms with Gasteiger partial charge in [-0.15, -0.1) is 0 Å². The molecule has 1 saturated carbocycles. The minimum atomic E-state index is 0.398. The number of hydrogen-bond acceptors (Lipinski definition) is 4. The highest BCUT2D eigenvalue weighted by Gasteiger charge is 2.30. The van der Waals surface area contributed by atoms with Crippen molar-refractivity contribution >= 4 is 0 Å². The molecule has 2 aromatic rings. The van der Waals surface area contributed by atoms with Gasteiger partial charge < -0.3 is 9.51 Å². The van der Waals surface area contributed by atoms with Crippen LogP contribution in [0.3, 0.4) is 0 Å². The first kappa shape index (κ1) is 12.9. The smallest absolute Gasteiger partial charge is 0.259 e. The van der Waals surface area contributed by atoms with E-state index in [9.17, 15) is 0 Å². The van der Waals surface area contributed by atoms with Gasteiger partial charge in [0.1, 0.15) is 11.8 Å². The fourth-order valence-electron chi connectivity index (χ4n) is 2.76. The Morgan fingerprint density at radius 3 is 2.80 bits per heavy atom. The van der Waals surface area contributed by atoms with Crippen molar-refractivity contribution in [3.05, 3.63) is 23.8 Å². The van der Waals surface area contributed by atoms with Crippen LogP contribution in [0.25, 0.3) is 11.5 Å². The number of rotatable bonds is 2. The first-order valence-electron chi connectivity index (χ1n) is 7.00. The Kier molecular flexibility index (Phi) is 3.09.